The lowest BCUT2D eigenvalue weighted by atomic mass is 10.1. The molecule has 2 fully saturated rings. The van der Waals surface area contributed by atoms with Crippen LogP contribution in [0.5, 0.6) is 0 Å². The number of carbonyl (C=O) groups is 1. The Morgan fingerprint density at radius 2 is 1.61 bits per heavy atom. The predicted molar refractivity (Wildman–Crippen MR) is 121 cm³/mol. The van der Waals surface area contributed by atoms with Gasteiger partial charge in [-0.05, 0) is 61.7 Å². The molecule has 2 aliphatic rings. The Bertz CT molecular complexity index is 1030. The van der Waals surface area contributed by atoms with Gasteiger partial charge in [-0.2, -0.15) is 4.31 Å². The molecule has 7 nitrogen and oxygen atoms in total. The number of nitrogens with zero attached hydrogens (tertiary/aromatic N) is 2. The average molecular weight is 464 g/mol. The van der Waals surface area contributed by atoms with Crippen LogP contribution in [-0.2, 0) is 14.8 Å². The molecule has 0 unspecified atom stereocenters. The summed E-state index contributed by atoms with van der Waals surface area (Å²) >= 11 is 5.94. The number of morpholine rings is 1. The smallest absolute Gasteiger partial charge is 0.257 e. The number of hydrogen-bond donors (Lipinski definition) is 1. The molecule has 0 aromatic heterocycles. The van der Waals surface area contributed by atoms with Crippen LogP contribution in [0.15, 0.2) is 47.4 Å². The van der Waals surface area contributed by atoms with Crippen LogP contribution in [0.3, 0.4) is 0 Å². The number of halogens is 1. The summed E-state index contributed by atoms with van der Waals surface area (Å²) in [6.07, 6.45) is 3.25. The zero-order valence-electron chi connectivity index (χ0n) is 17.2. The van der Waals surface area contributed by atoms with Gasteiger partial charge in [0.2, 0.25) is 10.0 Å². The third-order valence-corrected chi connectivity index (χ3v) is 7.77. The number of nitrogens with one attached hydrogen (secondary N) is 1. The molecular formula is C22H26ClN3O4S. The van der Waals surface area contributed by atoms with Crippen molar-refractivity contribution >= 4 is 38.9 Å². The van der Waals surface area contributed by atoms with Crippen molar-refractivity contribution in [1.29, 1.82) is 0 Å². The molecular weight excluding hydrogens is 438 g/mol. The summed E-state index contributed by atoms with van der Waals surface area (Å²) in [6.45, 7) is 3.04. The normalized spacial score (nSPS) is 18.0. The maximum absolute atomic E-state index is 13.2. The largest absolute Gasteiger partial charge is 0.379 e. The average Bonchev–Trinajstić information content (AvgIpc) is 2.81. The summed E-state index contributed by atoms with van der Waals surface area (Å²) in [5.41, 5.74) is 1.71. The molecule has 4 rings (SSSR count). The van der Waals surface area contributed by atoms with Gasteiger partial charge in [-0.3, -0.25) is 4.79 Å². The van der Waals surface area contributed by atoms with Crippen LogP contribution in [0, 0.1) is 0 Å². The van der Waals surface area contributed by atoms with Gasteiger partial charge in [0, 0.05) is 42.6 Å². The second-order valence-electron chi connectivity index (χ2n) is 7.70. The molecule has 166 valence electrons. The fourth-order valence-corrected chi connectivity index (χ4v) is 5.50. The Morgan fingerprint density at radius 1 is 0.935 bits per heavy atom. The molecule has 1 N–H and O–H groups in total. The van der Waals surface area contributed by atoms with Crippen LogP contribution in [-0.4, -0.2) is 58.0 Å². The quantitative estimate of drug-likeness (QED) is 0.732. The minimum atomic E-state index is -3.71. The molecule has 1 amide bonds. The van der Waals surface area contributed by atoms with E-state index < -0.39 is 10.0 Å². The molecule has 0 atom stereocenters. The number of piperidine rings is 1. The van der Waals surface area contributed by atoms with Crippen molar-refractivity contribution in [2.45, 2.75) is 24.2 Å². The summed E-state index contributed by atoms with van der Waals surface area (Å²) in [5.74, 6) is -0.345. The number of benzene rings is 2. The number of sulfonamides is 1. The standard InChI is InChI=1S/C22H26ClN3O4S/c23-17-4-6-18(7-5-17)24-22(27)20-16-19(31(28,29)26-12-14-30-15-13-26)8-9-21(20)25-10-2-1-3-11-25/h4-9,16H,1-3,10-15H2,(H,24,27). The van der Waals surface area contributed by atoms with Crippen LogP contribution in [0.1, 0.15) is 29.6 Å². The van der Waals surface area contributed by atoms with E-state index in [1.807, 2.05) is 0 Å². The minimum absolute atomic E-state index is 0.122. The summed E-state index contributed by atoms with van der Waals surface area (Å²) in [4.78, 5) is 15.5. The second kappa shape index (κ2) is 9.56. The molecule has 2 aromatic rings. The SMILES string of the molecule is O=C(Nc1ccc(Cl)cc1)c1cc(S(=O)(=O)N2CCOCC2)ccc1N1CCCCC1. The van der Waals surface area contributed by atoms with Crippen LogP contribution >= 0.6 is 11.6 Å². The van der Waals surface area contributed by atoms with Crippen molar-refractivity contribution in [3.05, 3.63) is 53.1 Å². The fourth-order valence-electron chi connectivity index (χ4n) is 3.94. The lowest BCUT2D eigenvalue weighted by Crippen LogP contribution is -2.40. The Labute approximate surface area is 188 Å². The first-order valence-electron chi connectivity index (χ1n) is 10.5. The Balaban J connectivity index is 1.69. The molecule has 9 heteroatoms. The molecule has 0 spiro atoms. The van der Waals surface area contributed by atoms with E-state index in [2.05, 4.69) is 10.2 Å². The zero-order chi connectivity index (χ0) is 21.8. The topological polar surface area (TPSA) is 79.0 Å². The van der Waals surface area contributed by atoms with Gasteiger partial charge in [0.05, 0.1) is 23.7 Å². The number of amides is 1. The Kier molecular flexibility index (Phi) is 6.81. The van der Waals surface area contributed by atoms with Gasteiger partial charge in [-0.1, -0.05) is 11.6 Å². The second-order valence-corrected chi connectivity index (χ2v) is 10.1. The van der Waals surface area contributed by atoms with Crippen molar-refractivity contribution in [1.82, 2.24) is 4.31 Å². The maximum atomic E-state index is 13.2. The number of hydrogen-bond acceptors (Lipinski definition) is 5. The van der Waals surface area contributed by atoms with E-state index in [1.165, 1.54) is 10.4 Å². The maximum Gasteiger partial charge on any atom is 0.257 e. The summed E-state index contributed by atoms with van der Waals surface area (Å²) in [6, 6.07) is 11.7. The molecule has 2 aromatic carbocycles. The predicted octanol–water partition coefficient (Wildman–Crippen LogP) is 3.60. The number of rotatable bonds is 5. The van der Waals surface area contributed by atoms with Crippen molar-refractivity contribution < 1.29 is 17.9 Å². The first kappa shape index (κ1) is 22.1. The van der Waals surface area contributed by atoms with Gasteiger partial charge in [0.25, 0.3) is 5.91 Å². The van der Waals surface area contributed by atoms with Gasteiger partial charge in [0.15, 0.2) is 0 Å². The first-order chi connectivity index (χ1) is 14.9. The highest BCUT2D eigenvalue weighted by Gasteiger charge is 2.29. The van der Waals surface area contributed by atoms with E-state index >= 15 is 0 Å². The van der Waals surface area contributed by atoms with Gasteiger partial charge in [-0.15, -0.1) is 0 Å². The zero-order valence-corrected chi connectivity index (χ0v) is 18.8. The summed E-state index contributed by atoms with van der Waals surface area (Å²) in [7, 11) is -3.71. The van der Waals surface area contributed by atoms with Gasteiger partial charge < -0.3 is 15.0 Å². The van der Waals surface area contributed by atoms with E-state index in [-0.39, 0.29) is 10.8 Å². The van der Waals surface area contributed by atoms with Crippen molar-refractivity contribution in [3.8, 4) is 0 Å². The molecule has 2 aliphatic heterocycles. The van der Waals surface area contributed by atoms with E-state index in [1.54, 1.807) is 36.4 Å². The highest BCUT2D eigenvalue weighted by molar-refractivity contribution is 7.89. The highest BCUT2D eigenvalue weighted by atomic mass is 35.5. The number of ether oxygens (including phenoxy) is 1. The van der Waals surface area contributed by atoms with E-state index in [0.717, 1.165) is 38.0 Å². The first-order valence-corrected chi connectivity index (χ1v) is 12.3. The lowest BCUT2D eigenvalue weighted by Gasteiger charge is -2.31. The summed E-state index contributed by atoms with van der Waals surface area (Å²) < 4.78 is 33.0. The third-order valence-electron chi connectivity index (χ3n) is 5.62. The van der Waals surface area contributed by atoms with Crippen molar-refractivity contribution in [2.24, 2.45) is 0 Å². The lowest BCUT2D eigenvalue weighted by molar-refractivity contribution is 0.0730. The van der Waals surface area contributed by atoms with E-state index in [4.69, 9.17) is 16.3 Å². The van der Waals surface area contributed by atoms with Gasteiger partial charge >= 0.3 is 0 Å². The molecule has 2 heterocycles. The van der Waals surface area contributed by atoms with Gasteiger partial charge in [-0.25, -0.2) is 8.42 Å². The molecule has 2 saturated heterocycles. The highest BCUT2D eigenvalue weighted by Crippen LogP contribution is 2.29. The van der Waals surface area contributed by atoms with Crippen LogP contribution in [0.25, 0.3) is 0 Å². The molecule has 0 bridgehead atoms. The molecule has 0 radical (unpaired) electrons. The molecule has 0 saturated carbocycles. The third kappa shape index (κ3) is 5.03. The number of carbonyl (C=O) groups excluding carboxylic acids is 1. The monoisotopic (exact) mass is 463 g/mol. The van der Waals surface area contributed by atoms with E-state index in [0.29, 0.717) is 42.6 Å². The molecule has 0 aliphatic carbocycles. The van der Waals surface area contributed by atoms with Gasteiger partial charge in [0.1, 0.15) is 0 Å². The Morgan fingerprint density at radius 3 is 2.29 bits per heavy atom. The number of anilines is 2. The van der Waals surface area contributed by atoms with Crippen molar-refractivity contribution in [3.63, 3.8) is 0 Å². The van der Waals surface area contributed by atoms with Crippen molar-refractivity contribution in [2.75, 3.05) is 49.6 Å². The van der Waals surface area contributed by atoms with Crippen LogP contribution in [0.2, 0.25) is 5.02 Å². The molecule has 31 heavy (non-hydrogen) atoms. The van der Waals surface area contributed by atoms with E-state index in [9.17, 15) is 13.2 Å². The minimum Gasteiger partial charge on any atom is -0.379 e. The Hall–Kier alpha value is -2.13. The fraction of sp³-hybridized carbons (Fsp3) is 0.409. The summed E-state index contributed by atoms with van der Waals surface area (Å²) in [5, 5.41) is 3.45. The van der Waals surface area contributed by atoms with Crippen LogP contribution < -0.4 is 10.2 Å². The van der Waals surface area contributed by atoms with Crippen LogP contribution in [0.4, 0.5) is 11.4 Å².